The quantitative estimate of drug-likeness (QED) is 0.443. The molecule has 0 spiro atoms. The van der Waals surface area contributed by atoms with Gasteiger partial charge in [-0.15, -0.1) is 10.2 Å². The highest BCUT2D eigenvalue weighted by Crippen LogP contribution is 2.28. The molecule has 0 atom stereocenters. The second kappa shape index (κ2) is 5.92. The van der Waals surface area contributed by atoms with Crippen LogP contribution in [0.15, 0.2) is 86.4 Å². The van der Waals surface area contributed by atoms with Crippen LogP contribution in [0.5, 0.6) is 0 Å². The third-order valence-corrected chi connectivity index (χ3v) is 3.54. The van der Waals surface area contributed by atoms with Crippen LogP contribution < -0.4 is 5.63 Å². The maximum atomic E-state index is 11.2. The number of hydrogen-bond donors (Lipinski definition) is 1. The summed E-state index contributed by atoms with van der Waals surface area (Å²) in [6.07, 6.45) is 1.59. The number of benzene rings is 2. The smallest absolute Gasteiger partial charge is 0.336 e. The van der Waals surface area contributed by atoms with E-state index in [4.69, 9.17) is 4.42 Å². The number of fused-ring (bicyclic) bond motifs is 1. The summed E-state index contributed by atoms with van der Waals surface area (Å²) in [4.78, 5) is 18.5. The molecule has 2 aromatic carbocycles. The van der Waals surface area contributed by atoms with Gasteiger partial charge in [-0.3, -0.25) is 0 Å². The molecule has 2 aromatic heterocycles. The number of azo groups is 1. The Kier molecular flexibility index (Phi) is 3.47. The van der Waals surface area contributed by atoms with Crippen molar-refractivity contribution >= 4 is 22.5 Å². The maximum absolute atomic E-state index is 11.2. The van der Waals surface area contributed by atoms with Crippen LogP contribution in [0.25, 0.3) is 22.2 Å². The predicted octanol–water partition coefficient (Wildman–Crippen LogP) is 4.60. The predicted molar refractivity (Wildman–Crippen MR) is 90.7 cm³/mol. The van der Waals surface area contributed by atoms with Gasteiger partial charge in [0.05, 0.1) is 17.7 Å². The highest BCUT2D eigenvalue weighted by atomic mass is 16.4. The molecule has 116 valence electrons. The van der Waals surface area contributed by atoms with E-state index in [-0.39, 0.29) is 5.63 Å². The third kappa shape index (κ3) is 2.72. The lowest BCUT2D eigenvalue weighted by Crippen LogP contribution is -1.93. The molecule has 0 aliphatic rings. The number of imidazole rings is 1. The number of rotatable bonds is 3. The Labute approximate surface area is 136 Å². The van der Waals surface area contributed by atoms with Gasteiger partial charge in [-0.2, -0.15) is 0 Å². The summed E-state index contributed by atoms with van der Waals surface area (Å²) < 4.78 is 5.10. The van der Waals surface area contributed by atoms with Gasteiger partial charge < -0.3 is 9.40 Å². The molecule has 6 heteroatoms. The van der Waals surface area contributed by atoms with E-state index in [0.717, 1.165) is 16.6 Å². The number of hydrogen-bond acceptors (Lipinski definition) is 5. The summed E-state index contributed by atoms with van der Waals surface area (Å²) in [5, 5.41) is 9.25. The van der Waals surface area contributed by atoms with Gasteiger partial charge in [0.25, 0.3) is 0 Å². The van der Waals surface area contributed by atoms with Crippen molar-refractivity contribution in [1.29, 1.82) is 0 Å². The van der Waals surface area contributed by atoms with E-state index in [1.54, 1.807) is 30.6 Å². The molecule has 0 saturated carbocycles. The Morgan fingerprint density at radius 3 is 2.71 bits per heavy atom. The van der Waals surface area contributed by atoms with Crippen molar-refractivity contribution < 1.29 is 4.42 Å². The monoisotopic (exact) mass is 316 g/mol. The van der Waals surface area contributed by atoms with Gasteiger partial charge in [0.2, 0.25) is 0 Å². The topological polar surface area (TPSA) is 83.6 Å². The average Bonchev–Trinajstić information content (AvgIpc) is 3.09. The summed E-state index contributed by atoms with van der Waals surface area (Å²) in [6, 6.07) is 18.1. The zero-order chi connectivity index (χ0) is 16.4. The first kappa shape index (κ1) is 14.1. The average molecular weight is 316 g/mol. The number of nitrogens with zero attached hydrogens (tertiary/aromatic N) is 3. The molecule has 0 unspecified atom stereocenters. The Morgan fingerprint density at radius 2 is 1.83 bits per heavy atom. The molecule has 4 rings (SSSR count). The van der Waals surface area contributed by atoms with Gasteiger partial charge in [-0.1, -0.05) is 30.3 Å². The molecule has 2 heterocycles. The standard InChI is InChI=1S/C18H12N4O2/c23-16-9-6-13-10-14(7-8-15(13)24-16)21-22-18-17(19-11-20-18)12-4-2-1-3-5-12/h1-11H,(H,19,20). The van der Waals surface area contributed by atoms with Crippen molar-refractivity contribution in [3.63, 3.8) is 0 Å². The number of H-pyrrole nitrogens is 1. The van der Waals surface area contributed by atoms with Crippen molar-refractivity contribution in [1.82, 2.24) is 9.97 Å². The summed E-state index contributed by atoms with van der Waals surface area (Å²) in [5.74, 6) is 0.515. The van der Waals surface area contributed by atoms with E-state index in [9.17, 15) is 4.79 Å². The number of nitrogens with one attached hydrogen (secondary N) is 1. The zero-order valence-electron chi connectivity index (χ0n) is 12.5. The van der Waals surface area contributed by atoms with Crippen LogP contribution >= 0.6 is 0 Å². The molecule has 0 aliphatic heterocycles. The van der Waals surface area contributed by atoms with Crippen LogP contribution in [0.4, 0.5) is 11.5 Å². The van der Waals surface area contributed by atoms with E-state index < -0.39 is 0 Å². The van der Waals surface area contributed by atoms with Crippen LogP contribution in [-0.4, -0.2) is 9.97 Å². The Bertz CT molecular complexity index is 1080. The van der Waals surface area contributed by atoms with Crippen molar-refractivity contribution in [2.75, 3.05) is 0 Å². The molecule has 0 fully saturated rings. The third-order valence-electron chi connectivity index (χ3n) is 3.54. The van der Waals surface area contributed by atoms with Crippen LogP contribution in [0.3, 0.4) is 0 Å². The van der Waals surface area contributed by atoms with Crippen molar-refractivity contribution in [3.8, 4) is 11.3 Å². The normalized spacial score (nSPS) is 11.3. The minimum Gasteiger partial charge on any atom is -0.423 e. The van der Waals surface area contributed by atoms with Crippen LogP contribution in [0.2, 0.25) is 0 Å². The summed E-state index contributed by atoms with van der Waals surface area (Å²) in [6.45, 7) is 0. The molecule has 24 heavy (non-hydrogen) atoms. The first-order valence-corrected chi connectivity index (χ1v) is 7.34. The summed E-state index contributed by atoms with van der Waals surface area (Å²) in [5.41, 5.74) is 2.60. The second-order valence-corrected chi connectivity index (χ2v) is 5.14. The Hall–Kier alpha value is -3.54. The van der Waals surface area contributed by atoms with Crippen LogP contribution in [0, 0.1) is 0 Å². The van der Waals surface area contributed by atoms with Gasteiger partial charge in [-0.05, 0) is 24.3 Å². The maximum Gasteiger partial charge on any atom is 0.336 e. The summed E-state index contributed by atoms with van der Waals surface area (Å²) in [7, 11) is 0. The molecular weight excluding hydrogens is 304 g/mol. The minimum absolute atomic E-state index is 0.374. The van der Waals surface area contributed by atoms with Crippen molar-refractivity contribution in [3.05, 3.63) is 77.4 Å². The fourth-order valence-corrected chi connectivity index (χ4v) is 2.41. The van der Waals surface area contributed by atoms with E-state index in [1.807, 2.05) is 30.3 Å². The highest BCUT2D eigenvalue weighted by molar-refractivity contribution is 5.79. The molecular formula is C18H12N4O2. The zero-order valence-corrected chi connectivity index (χ0v) is 12.5. The van der Waals surface area contributed by atoms with E-state index in [2.05, 4.69) is 20.2 Å². The fraction of sp³-hybridized carbons (Fsp3) is 0. The first-order valence-electron chi connectivity index (χ1n) is 7.34. The van der Waals surface area contributed by atoms with Gasteiger partial charge >= 0.3 is 5.63 Å². The molecule has 6 nitrogen and oxygen atoms in total. The SMILES string of the molecule is O=c1ccc2cc(N=Nc3nc[nH]c3-c3ccccc3)ccc2o1. The fourth-order valence-electron chi connectivity index (χ4n) is 2.41. The van der Waals surface area contributed by atoms with E-state index >= 15 is 0 Å². The minimum atomic E-state index is -0.374. The molecule has 1 N–H and O–H groups in total. The van der Waals surface area contributed by atoms with Gasteiger partial charge in [0, 0.05) is 17.0 Å². The van der Waals surface area contributed by atoms with Gasteiger partial charge in [-0.25, -0.2) is 9.78 Å². The molecule has 0 radical (unpaired) electrons. The van der Waals surface area contributed by atoms with E-state index in [1.165, 1.54) is 6.07 Å². The summed E-state index contributed by atoms with van der Waals surface area (Å²) >= 11 is 0. The molecule has 0 aliphatic carbocycles. The molecule has 4 aromatic rings. The van der Waals surface area contributed by atoms with Crippen molar-refractivity contribution in [2.45, 2.75) is 0 Å². The lowest BCUT2D eigenvalue weighted by molar-refractivity contribution is 0.561. The molecule has 0 amide bonds. The van der Waals surface area contributed by atoms with Crippen LogP contribution in [-0.2, 0) is 0 Å². The second-order valence-electron chi connectivity index (χ2n) is 5.14. The largest absolute Gasteiger partial charge is 0.423 e. The first-order chi connectivity index (χ1) is 11.8. The molecule has 0 saturated heterocycles. The highest BCUT2D eigenvalue weighted by Gasteiger charge is 2.07. The van der Waals surface area contributed by atoms with Gasteiger partial charge in [0.15, 0.2) is 5.82 Å². The van der Waals surface area contributed by atoms with Crippen LogP contribution in [0.1, 0.15) is 0 Å². The Balaban J connectivity index is 1.68. The number of aromatic amines is 1. The molecule has 0 bridgehead atoms. The lowest BCUT2D eigenvalue weighted by Gasteiger charge is -1.99. The lowest BCUT2D eigenvalue weighted by atomic mass is 10.1. The van der Waals surface area contributed by atoms with Crippen molar-refractivity contribution in [2.24, 2.45) is 10.2 Å². The number of aromatic nitrogens is 2. The van der Waals surface area contributed by atoms with Gasteiger partial charge in [0.1, 0.15) is 5.58 Å². The van der Waals surface area contributed by atoms with E-state index in [0.29, 0.717) is 17.1 Å². The Morgan fingerprint density at radius 1 is 0.958 bits per heavy atom.